The summed E-state index contributed by atoms with van der Waals surface area (Å²) >= 11 is 1.92. The van der Waals surface area contributed by atoms with Crippen molar-refractivity contribution < 1.29 is 0 Å². The minimum atomic E-state index is 1.03. The van der Waals surface area contributed by atoms with Crippen LogP contribution in [0.2, 0.25) is 0 Å². The van der Waals surface area contributed by atoms with Crippen molar-refractivity contribution in [3.05, 3.63) is 0 Å². The highest BCUT2D eigenvalue weighted by Gasteiger charge is 2.03. The van der Waals surface area contributed by atoms with Crippen molar-refractivity contribution in [3.63, 3.8) is 0 Å². The number of aliphatic imine (C=N–C) groups is 1. The van der Waals surface area contributed by atoms with Crippen LogP contribution in [-0.2, 0) is 0 Å². The molecule has 0 saturated heterocycles. The zero-order chi connectivity index (χ0) is 12.2. The van der Waals surface area contributed by atoms with E-state index in [4.69, 9.17) is 0 Å². The van der Waals surface area contributed by atoms with Gasteiger partial charge in [0.05, 0.1) is 0 Å². The molecule has 0 aliphatic carbocycles. The van der Waals surface area contributed by atoms with Gasteiger partial charge in [0, 0.05) is 27.2 Å². The number of hydrogen-bond acceptors (Lipinski definition) is 2. The molecule has 0 aromatic carbocycles. The summed E-state index contributed by atoms with van der Waals surface area (Å²) in [5.74, 6) is 2.28. The molecule has 0 atom stereocenters. The first kappa shape index (κ1) is 15.6. The van der Waals surface area contributed by atoms with Crippen LogP contribution in [0.25, 0.3) is 0 Å². The van der Waals surface area contributed by atoms with Crippen molar-refractivity contribution in [1.29, 1.82) is 0 Å². The Bertz CT molecular complexity index is 183. The van der Waals surface area contributed by atoms with Crippen molar-refractivity contribution in [2.24, 2.45) is 4.99 Å². The van der Waals surface area contributed by atoms with Gasteiger partial charge in [-0.2, -0.15) is 11.8 Å². The van der Waals surface area contributed by atoms with Crippen LogP contribution in [0.3, 0.4) is 0 Å². The second-order valence-corrected chi connectivity index (χ2v) is 4.93. The average Bonchev–Trinajstić information content (AvgIpc) is 2.31. The second kappa shape index (κ2) is 11.1. The predicted octanol–water partition coefficient (Wildman–Crippen LogP) is 2.44. The van der Waals surface area contributed by atoms with Gasteiger partial charge in [-0.3, -0.25) is 4.99 Å². The third kappa shape index (κ3) is 7.85. The van der Waals surface area contributed by atoms with Gasteiger partial charge in [0.25, 0.3) is 0 Å². The number of rotatable bonds is 8. The highest BCUT2D eigenvalue weighted by Crippen LogP contribution is 1.98. The van der Waals surface area contributed by atoms with E-state index >= 15 is 0 Å². The summed E-state index contributed by atoms with van der Waals surface area (Å²) in [7, 11) is 3.96. The first-order valence-electron chi connectivity index (χ1n) is 6.17. The lowest BCUT2D eigenvalue weighted by atomic mass is 10.3. The summed E-state index contributed by atoms with van der Waals surface area (Å²) in [5, 5.41) is 3.40. The number of unbranched alkanes of at least 4 members (excludes halogenated alkanes) is 2. The smallest absolute Gasteiger partial charge is 0.193 e. The van der Waals surface area contributed by atoms with Crippen LogP contribution < -0.4 is 5.32 Å². The van der Waals surface area contributed by atoms with Crippen LogP contribution in [-0.4, -0.2) is 50.1 Å². The molecule has 0 aliphatic rings. The van der Waals surface area contributed by atoms with E-state index in [1.807, 2.05) is 18.8 Å². The molecule has 0 unspecified atom stereocenters. The lowest BCUT2D eigenvalue weighted by Crippen LogP contribution is -2.39. The third-order valence-corrected chi connectivity index (χ3v) is 3.18. The predicted molar refractivity (Wildman–Crippen MR) is 76.5 cm³/mol. The van der Waals surface area contributed by atoms with Gasteiger partial charge in [-0.1, -0.05) is 13.3 Å². The quantitative estimate of drug-likeness (QED) is 0.404. The third-order valence-electron chi connectivity index (χ3n) is 2.48. The molecule has 0 spiro atoms. The van der Waals surface area contributed by atoms with Crippen LogP contribution in [0, 0.1) is 0 Å². The molecular formula is C12H27N3S. The monoisotopic (exact) mass is 245 g/mol. The molecule has 16 heavy (non-hydrogen) atoms. The number of guanidine groups is 1. The normalized spacial score (nSPS) is 11.6. The zero-order valence-corrected chi connectivity index (χ0v) is 12.1. The van der Waals surface area contributed by atoms with Crippen molar-refractivity contribution in [2.45, 2.75) is 32.6 Å². The van der Waals surface area contributed by atoms with E-state index in [1.54, 1.807) is 0 Å². The first-order valence-corrected chi connectivity index (χ1v) is 7.56. The Hall–Kier alpha value is -0.380. The molecule has 0 heterocycles. The lowest BCUT2D eigenvalue weighted by molar-refractivity contribution is 0.464. The maximum atomic E-state index is 4.28. The van der Waals surface area contributed by atoms with Crippen LogP contribution in [0.5, 0.6) is 0 Å². The highest BCUT2D eigenvalue weighted by atomic mass is 32.2. The Kier molecular flexibility index (Phi) is 10.9. The fourth-order valence-corrected chi connectivity index (χ4v) is 1.95. The largest absolute Gasteiger partial charge is 0.356 e. The van der Waals surface area contributed by atoms with Gasteiger partial charge in [-0.15, -0.1) is 0 Å². The van der Waals surface area contributed by atoms with Crippen LogP contribution in [0.1, 0.15) is 32.6 Å². The van der Waals surface area contributed by atoms with Gasteiger partial charge < -0.3 is 10.2 Å². The summed E-state index contributed by atoms with van der Waals surface area (Å²) in [4.78, 5) is 6.49. The molecule has 4 heteroatoms. The molecule has 0 bridgehead atoms. The van der Waals surface area contributed by atoms with Crippen molar-refractivity contribution >= 4 is 17.7 Å². The molecule has 1 N–H and O–H groups in total. The van der Waals surface area contributed by atoms with Gasteiger partial charge in [-0.25, -0.2) is 0 Å². The van der Waals surface area contributed by atoms with Crippen LogP contribution in [0.15, 0.2) is 4.99 Å². The molecule has 0 saturated carbocycles. The van der Waals surface area contributed by atoms with Crippen molar-refractivity contribution in [3.8, 4) is 0 Å². The van der Waals surface area contributed by atoms with Crippen molar-refractivity contribution in [1.82, 2.24) is 10.2 Å². The van der Waals surface area contributed by atoms with Crippen LogP contribution >= 0.6 is 11.8 Å². The Morgan fingerprint density at radius 1 is 1.31 bits per heavy atom. The van der Waals surface area contributed by atoms with Gasteiger partial charge >= 0.3 is 0 Å². The topological polar surface area (TPSA) is 27.6 Å². The molecule has 96 valence electrons. The Morgan fingerprint density at radius 3 is 2.62 bits per heavy atom. The maximum absolute atomic E-state index is 4.28. The Morgan fingerprint density at radius 2 is 2.06 bits per heavy atom. The number of nitrogens with one attached hydrogen (secondary N) is 1. The van der Waals surface area contributed by atoms with E-state index in [9.17, 15) is 0 Å². The standard InChI is InChI=1S/C12H27N3S/c1-5-6-10-15(3)12(13-2)14-9-7-8-11-16-4/h5-11H2,1-4H3,(H,13,14). The Balaban J connectivity index is 3.66. The number of thioether (sulfide) groups is 1. The molecule has 0 fully saturated rings. The number of nitrogens with zero attached hydrogens (tertiary/aromatic N) is 2. The van der Waals surface area contributed by atoms with E-state index < -0.39 is 0 Å². The fourth-order valence-electron chi connectivity index (χ4n) is 1.46. The van der Waals surface area contributed by atoms with E-state index in [2.05, 4.69) is 35.4 Å². The maximum Gasteiger partial charge on any atom is 0.193 e. The summed E-state index contributed by atoms with van der Waals surface area (Å²) in [6, 6.07) is 0. The summed E-state index contributed by atoms with van der Waals surface area (Å²) < 4.78 is 0. The molecule has 0 aromatic heterocycles. The SMILES string of the molecule is CCCCN(C)C(=NC)NCCCCSC. The first-order chi connectivity index (χ1) is 7.76. The Labute approximate surface area is 105 Å². The molecule has 0 radical (unpaired) electrons. The average molecular weight is 245 g/mol. The number of hydrogen-bond donors (Lipinski definition) is 1. The minimum absolute atomic E-state index is 1.03. The van der Waals surface area contributed by atoms with Gasteiger partial charge in [-0.05, 0) is 31.3 Å². The molecule has 0 aliphatic heterocycles. The van der Waals surface area contributed by atoms with E-state index in [1.165, 1.54) is 31.4 Å². The van der Waals surface area contributed by atoms with Gasteiger partial charge in [0.2, 0.25) is 0 Å². The zero-order valence-electron chi connectivity index (χ0n) is 11.3. The van der Waals surface area contributed by atoms with E-state index in [0.717, 1.165) is 19.0 Å². The van der Waals surface area contributed by atoms with Crippen LogP contribution in [0.4, 0.5) is 0 Å². The fraction of sp³-hybridized carbons (Fsp3) is 0.917. The second-order valence-electron chi connectivity index (χ2n) is 3.95. The lowest BCUT2D eigenvalue weighted by Gasteiger charge is -2.21. The van der Waals surface area contributed by atoms with E-state index in [-0.39, 0.29) is 0 Å². The summed E-state index contributed by atoms with van der Waals surface area (Å²) in [6.07, 6.45) is 7.12. The molecule has 0 amide bonds. The summed E-state index contributed by atoms with van der Waals surface area (Å²) in [5.41, 5.74) is 0. The van der Waals surface area contributed by atoms with E-state index in [0.29, 0.717) is 0 Å². The molecule has 0 aromatic rings. The summed E-state index contributed by atoms with van der Waals surface area (Å²) in [6.45, 7) is 4.33. The molecular weight excluding hydrogens is 218 g/mol. The molecule has 0 rings (SSSR count). The molecule has 3 nitrogen and oxygen atoms in total. The highest BCUT2D eigenvalue weighted by molar-refractivity contribution is 7.98. The van der Waals surface area contributed by atoms with Gasteiger partial charge in [0.15, 0.2) is 5.96 Å². The van der Waals surface area contributed by atoms with Crippen molar-refractivity contribution in [2.75, 3.05) is 39.2 Å². The minimum Gasteiger partial charge on any atom is -0.356 e. The van der Waals surface area contributed by atoms with Gasteiger partial charge in [0.1, 0.15) is 0 Å².